The fourth-order valence-electron chi connectivity index (χ4n) is 3.14. The Hall–Kier alpha value is -3.71. The van der Waals surface area contributed by atoms with Crippen LogP contribution in [0.4, 0.5) is 11.5 Å². The first kappa shape index (κ1) is 19.6. The predicted molar refractivity (Wildman–Crippen MR) is 115 cm³/mol. The number of methoxy groups -OCH3 is 2. The third-order valence-corrected chi connectivity index (χ3v) is 4.81. The van der Waals surface area contributed by atoms with Crippen LogP contribution < -0.4 is 10.1 Å². The first-order valence-electron chi connectivity index (χ1n) is 9.00. The number of aromatic nitrogens is 2. The molecule has 0 bridgehead atoms. The van der Waals surface area contributed by atoms with E-state index in [-0.39, 0.29) is 5.75 Å². The lowest BCUT2D eigenvalue weighted by Crippen LogP contribution is -2.03. The van der Waals surface area contributed by atoms with E-state index in [1.165, 1.54) is 14.2 Å². The lowest BCUT2D eigenvalue weighted by molar-refractivity contribution is 0.0601. The van der Waals surface area contributed by atoms with Crippen LogP contribution in [0.5, 0.6) is 11.5 Å². The highest BCUT2D eigenvalue weighted by molar-refractivity contribution is 6.30. The summed E-state index contributed by atoms with van der Waals surface area (Å²) in [4.78, 5) is 16.6. The minimum atomic E-state index is -0.427. The van der Waals surface area contributed by atoms with E-state index < -0.39 is 5.97 Å². The number of phenolic OH excluding ortho intramolecular Hbond substituents is 1. The van der Waals surface area contributed by atoms with Gasteiger partial charge in [0.2, 0.25) is 0 Å². The average Bonchev–Trinajstić information content (AvgIpc) is 3.11. The number of phenols is 1. The van der Waals surface area contributed by atoms with Gasteiger partial charge in [-0.15, -0.1) is 0 Å². The van der Waals surface area contributed by atoms with Gasteiger partial charge in [0.25, 0.3) is 0 Å². The fraction of sp³-hybridized carbons (Fsp3) is 0.0909. The zero-order chi connectivity index (χ0) is 21.3. The van der Waals surface area contributed by atoms with Crippen molar-refractivity contribution in [2.24, 2.45) is 0 Å². The van der Waals surface area contributed by atoms with Crippen molar-refractivity contribution in [3.63, 3.8) is 0 Å². The number of halogens is 1. The first-order valence-corrected chi connectivity index (χ1v) is 9.38. The van der Waals surface area contributed by atoms with Gasteiger partial charge in [0, 0.05) is 17.4 Å². The van der Waals surface area contributed by atoms with Crippen molar-refractivity contribution in [1.82, 2.24) is 9.38 Å². The van der Waals surface area contributed by atoms with Crippen LogP contribution in [-0.2, 0) is 4.74 Å². The number of hydrogen-bond donors (Lipinski definition) is 2. The van der Waals surface area contributed by atoms with Gasteiger partial charge in [0.05, 0.1) is 24.8 Å². The van der Waals surface area contributed by atoms with Gasteiger partial charge in [-0.05, 0) is 48.5 Å². The molecule has 0 aliphatic heterocycles. The highest BCUT2D eigenvalue weighted by Gasteiger charge is 2.17. The Balaban J connectivity index is 1.87. The molecule has 30 heavy (non-hydrogen) atoms. The largest absolute Gasteiger partial charge is 0.504 e. The number of carbonyl (C=O) groups excluding carboxylic acids is 1. The van der Waals surface area contributed by atoms with Gasteiger partial charge in [-0.25, -0.2) is 9.78 Å². The topological polar surface area (TPSA) is 85.1 Å². The number of nitrogens with zero attached hydrogens (tertiary/aromatic N) is 2. The molecule has 0 saturated carbocycles. The second-order valence-electron chi connectivity index (χ2n) is 6.47. The summed E-state index contributed by atoms with van der Waals surface area (Å²) in [6.07, 6.45) is 1.75. The molecule has 2 aromatic carbocycles. The molecule has 0 saturated heterocycles. The number of hydrogen-bond acceptors (Lipinski definition) is 6. The smallest absolute Gasteiger partial charge is 0.337 e. The molecule has 152 valence electrons. The molecular formula is C22H18ClN3O4. The number of carbonyl (C=O) groups is 1. The Morgan fingerprint density at radius 2 is 1.97 bits per heavy atom. The molecule has 0 radical (unpaired) electrons. The van der Waals surface area contributed by atoms with Crippen LogP contribution in [0.2, 0.25) is 5.02 Å². The maximum atomic E-state index is 11.9. The number of pyridine rings is 1. The van der Waals surface area contributed by atoms with Gasteiger partial charge in [-0.1, -0.05) is 17.7 Å². The number of anilines is 2. The summed E-state index contributed by atoms with van der Waals surface area (Å²) in [5.74, 6) is 0.583. The molecule has 0 aliphatic carbocycles. The van der Waals surface area contributed by atoms with Crippen molar-refractivity contribution in [2.75, 3.05) is 19.5 Å². The molecular weight excluding hydrogens is 406 g/mol. The SMILES string of the molecule is COC(=O)c1cccc(Nc2c(-c3ccc(O)c(OC)c3)nc3ccc(Cl)cn23)c1. The summed E-state index contributed by atoms with van der Waals surface area (Å²) in [5.41, 5.74) is 3.12. The van der Waals surface area contributed by atoms with E-state index in [9.17, 15) is 9.90 Å². The van der Waals surface area contributed by atoms with Crippen LogP contribution in [0, 0.1) is 0 Å². The summed E-state index contributed by atoms with van der Waals surface area (Å²) in [6.45, 7) is 0. The van der Waals surface area contributed by atoms with Crippen LogP contribution >= 0.6 is 11.6 Å². The Morgan fingerprint density at radius 1 is 1.13 bits per heavy atom. The lowest BCUT2D eigenvalue weighted by Gasteiger charge is -2.11. The lowest BCUT2D eigenvalue weighted by atomic mass is 10.1. The number of esters is 1. The van der Waals surface area contributed by atoms with Gasteiger partial charge in [0.15, 0.2) is 11.5 Å². The third-order valence-electron chi connectivity index (χ3n) is 4.58. The van der Waals surface area contributed by atoms with Crippen LogP contribution in [0.3, 0.4) is 0 Å². The molecule has 2 heterocycles. The van der Waals surface area contributed by atoms with E-state index in [1.807, 2.05) is 10.5 Å². The van der Waals surface area contributed by atoms with Crippen molar-refractivity contribution in [3.8, 4) is 22.8 Å². The highest BCUT2D eigenvalue weighted by atomic mass is 35.5. The Morgan fingerprint density at radius 3 is 2.73 bits per heavy atom. The summed E-state index contributed by atoms with van der Waals surface area (Å²) in [6, 6.07) is 15.5. The Bertz CT molecular complexity index is 1250. The Labute approximate surface area is 177 Å². The predicted octanol–water partition coefficient (Wildman–Crippen LogP) is 4.90. The van der Waals surface area contributed by atoms with Crippen LogP contribution in [0.25, 0.3) is 16.9 Å². The van der Waals surface area contributed by atoms with E-state index in [0.717, 1.165) is 5.56 Å². The summed E-state index contributed by atoms with van der Waals surface area (Å²) < 4.78 is 11.9. The monoisotopic (exact) mass is 423 g/mol. The number of ether oxygens (including phenoxy) is 2. The molecule has 0 fully saturated rings. The number of aromatic hydroxyl groups is 1. The maximum Gasteiger partial charge on any atom is 0.337 e. The zero-order valence-corrected chi connectivity index (χ0v) is 17.0. The molecule has 2 N–H and O–H groups in total. The standard InChI is InChI=1S/C22H18ClN3O4/c1-29-18-11-13(6-8-17(18)27)20-21(26-12-15(23)7-9-19(26)25-20)24-16-5-3-4-14(10-16)22(28)30-2/h3-12,24,27H,1-2H3. The van der Waals surface area contributed by atoms with E-state index in [1.54, 1.807) is 54.7 Å². The van der Waals surface area contributed by atoms with Gasteiger partial charge in [-0.2, -0.15) is 0 Å². The van der Waals surface area contributed by atoms with Crippen LogP contribution in [-0.4, -0.2) is 34.7 Å². The third kappa shape index (κ3) is 3.62. The zero-order valence-electron chi connectivity index (χ0n) is 16.2. The average molecular weight is 424 g/mol. The second-order valence-corrected chi connectivity index (χ2v) is 6.90. The molecule has 2 aromatic heterocycles. The molecule has 4 aromatic rings. The normalized spacial score (nSPS) is 10.8. The van der Waals surface area contributed by atoms with Crippen LogP contribution in [0.1, 0.15) is 10.4 Å². The number of nitrogens with one attached hydrogen (secondary N) is 1. The van der Waals surface area contributed by atoms with Gasteiger partial charge < -0.3 is 19.9 Å². The van der Waals surface area contributed by atoms with Crippen molar-refractivity contribution < 1.29 is 19.4 Å². The second kappa shape index (κ2) is 7.96. The minimum absolute atomic E-state index is 0.0355. The van der Waals surface area contributed by atoms with Crippen molar-refractivity contribution >= 4 is 34.7 Å². The number of imidazole rings is 1. The minimum Gasteiger partial charge on any atom is -0.504 e. The molecule has 0 aliphatic rings. The summed E-state index contributed by atoms with van der Waals surface area (Å²) in [7, 11) is 2.82. The van der Waals surface area contributed by atoms with E-state index in [0.29, 0.717) is 39.2 Å². The van der Waals surface area contributed by atoms with Crippen molar-refractivity contribution in [1.29, 1.82) is 0 Å². The van der Waals surface area contributed by atoms with Gasteiger partial charge in [-0.3, -0.25) is 4.40 Å². The molecule has 8 heteroatoms. The maximum absolute atomic E-state index is 11.9. The van der Waals surface area contributed by atoms with E-state index in [4.69, 9.17) is 26.1 Å². The van der Waals surface area contributed by atoms with E-state index in [2.05, 4.69) is 5.32 Å². The quantitative estimate of drug-likeness (QED) is 0.444. The van der Waals surface area contributed by atoms with E-state index >= 15 is 0 Å². The highest BCUT2D eigenvalue weighted by Crippen LogP contribution is 2.36. The molecule has 0 amide bonds. The van der Waals surface area contributed by atoms with Crippen LogP contribution in [0.15, 0.2) is 60.8 Å². The Kier molecular flexibility index (Phi) is 5.20. The molecule has 4 rings (SSSR count). The number of benzene rings is 2. The number of rotatable bonds is 5. The van der Waals surface area contributed by atoms with Gasteiger partial charge >= 0.3 is 5.97 Å². The molecule has 0 spiro atoms. The molecule has 7 nitrogen and oxygen atoms in total. The number of fused-ring (bicyclic) bond motifs is 1. The van der Waals surface area contributed by atoms with Gasteiger partial charge in [0.1, 0.15) is 17.2 Å². The van der Waals surface area contributed by atoms with Crippen molar-refractivity contribution in [2.45, 2.75) is 0 Å². The first-order chi connectivity index (χ1) is 14.5. The summed E-state index contributed by atoms with van der Waals surface area (Å²) >= 11 is 6.21. The summed E-state index contributed by atoms with van der Waals surface area (Å²) in [5, 5.41) is 13.8. The molecule has 0 atom stereocenters. The molecule has 0 unspecified atom stereocenters. The van der Waals surface area contributed by atoms with Crippen molar-refractivity contribution in [3.05, 3.63) is 71.4 Å². The fourth-order valence-corrected chi connectivity index (χ4v) is 3.30.